The smallest absolute Gasteiger partial charge is 0.135 e. The SMILES string of the molecule is C=CCON=C(C)C1Cc2ccccc21. The van der Waals surface area contributed by atoms with E-state index in [1.807, 2.05) is 6.92 Å². The Kier molecular flexibility index (Phi) is 2.86. The van der Waals surface area contributed by atoms with Crippen LogP contribution in [-0.2, 0) is 11.3 Å². The predicted molar refractivity (Wildman–Crippen MR) is 62.1 cm³/mol. The molecule has 1 aromatic carbocycles. The van der Waals surface area contributed by atoms with Crippen molar-refractivity contribution in [3.05, 3.63) is 48.0 Å². The zero-order valence-corrected chi connectivity index (χ0v) is 8.94. The maximum Gasteiger partial charge on any atom is 0.135 e. The van der Waals surface area contributed by atoms with Crippen LogP contribution in [0.15, 0.2) is 42.1 Å². The van der Waals surface area contributed by atoms with Crippen LogP contribution in [0.1, 0.15) is 24.0 Å². The quantitative estimate of drug-likeness (QED) is 0.318. The Balaban J connectivity index is 2.03. The van der Waals surface area contributed by atoms with Gasteiger partial charge in [0.1, 0.15) is 6.61 Å². The Hall–Kier alpha value is -1.57. The number of hydrogen-bond acceptors (Lipinski definition) is 2. The highest BCUT2D eigenvalue weighted by Crippen LogP contribution is 2.35. The van der Waals surface area contributed by atoms with Crippen LogP contribution in [0, 0.1) is 0 Å². The minimum absolute atomic E-state index is 0.450. The molecule has 1 aliphatic rings. The monoisotopic (exact) mass is 201 g/mol. The van der Waals surface area contributed by atoms with Gasteiger partial charge in [-0.25, -0.2) is 0 Å². The largest absolute Gasteiger partial charge is 0.392 e. The van der Waals surface area contributed by atoms with Gasteiger partial charge in [0.05, 0.1) is 5.71 Å². The minimum Gasteiger partial charge on any atom is -0.392 e. The number of rotatable bonds is 4. The number of oxime groups is 1. The van der Waals surface area contributed by atoms with E-state index in [1.54, 1.807) is 6.08 Å². The van der Waals surface area contributed by atoms with E-state index < -0.39 is 0 Å². The summed E-state index contributed by atoms with van der Waals surface area (Å²) in [4.78, 5) is 5.09. The first-order chi connectivity index (χ1) is 7.33. The first kappa shape index (κ1) is 9.97. The number of benzene rings is 1. The molecule has 0 N–H and O–H groups in total. The van der Waals surface area contributed by atoms with Crippen LogP contribution in [0.2, 0.25) is 0 Å². The van der Waals surface area contributed by atoms with Crippen molar-refractivity contribution in [1.29, 1.82) is 0 Å². The molecule has 1 aromatic rings. The highest BCUT2D eigenvalue weighted by Gasteiger charge is 2.27. The van der Waals surface area contributed by atoms with Crippen LogP contribution < -0.4 is 0 Å². The first-order valence-corrected chi connectivity index (χ1v) is 5.18. The molecule has 2 nitrogen and oxygen atoms in total. The van der Waals surface area contributed by atoms with E-state index in [1.165, 1.54) is 11.1 Å². The lowest BCUT2D eigenvalue weighted by Crippen LogP contribution is -2.23. The summed E-state index contributed by atoms with van der Waals surface area (Å²) in [6, 6.07) is 8.48. The molecule has 0 radical (unpaired) electrons. The third kappa shape index (κ3) is 1.94. The van der Waals surface area contributed by atoms with Crippen LogP contribution in [0.3, 0.4) is 0 Å². The lowest BCUT2D eigenvalue weighted by molar-refractivity contribution is 0.173. The van der Waals surface area contributed by atoms with Crippen molar-refractivity contribution in [3.8, 4) is 0 Å². The van der Waals surface area contributed by atoms with Crippen molar-refractivity contribution < 1.29 is 4.84 Å². The van der Waals surface area contributed by atoms with Crippen LogP contribution in [0.4, 0.5) is 0 Å². The van der Waals surface area contributed by atoms with Crippen LogP contribution in [0.5, 0.6) is 0 Å². The average Bonchev–Trinajstić information content (AvgIpc) is 2.20. The maximum atomic E-state index is 5.09. The maximum absolute atomic E-state index is 5.09. The molecule has 0 aliphatic heterocycles. The minimum atomic E-state index is 0.450. The molecular weight excluding hydrogens is 186 g/mol. The first-order valence-electron chi connectivity index (χ1n) is 5.18. The fourth-order valence-electron chi connectivity index (χ4n) is 1.89. The Morgan fingerprint density at radius 2 is 2.40 bits per heavy atom. The second-order valence-corrected chi connectivity index (χ2v) is 3.77. The van der Waals surface area contributed by atoms with Crippen molar-refractivity contribution in [3.63, 3.8) is 0 Å². The van der Waals surface area contributed by atoms with E-state index >= 15 is 0 Å². The van der Waals surface area contributed by atoms with Gasteiger partial charge in [0.25, 0.3) is 0 Å². The summed E-state index contributed by atoms with van der Waals surface area (Å²) in [5.41, 5.74) is 3.87. The number of hydrogen-bond donors (Lipinski definition) is 0. The van der Waals surface area contributed by atoms with Crippen LogP contribution in [0.25, 0.3) is 0 Å². The fourth-order valence-corrected chi connectivity index (χ4v) is 1.89. The Morgan fingerprint density at radius 3 is 3.13 bits per heavy atom. The van der Waals surface area contributed by atoms with E-state index in [4.69, 9.17) is 4.84 Å². The zero-order valence-electron chi connectivity index (χ0n) is 8.94. The molecule has 0 amide bonds. The molecule has 0 aromatic heterocycles. The molecular formula is C13H15NO. The highest BCUT2D eigenvalue weighted by atomic mass is 16.6. The second-order valence-electron chi connectivity index (χ2n) is 3.77. The summed E-state index contributed by atoms with van der Waals surface area (Å²) < 4.78 is 0. The van der Waals surface area contributed by atoms with Gasteiger partial charge in [-0.3, -0.25) is 0 Å². The summed E-state index contributed by atoms with van der Waals surface area (Å²) in [7, 11) is 0. The van der Waals surface area contributed by atoms with Gasteiger partial charge in [-0.1, -0.05) is 42.1 Å². The van der Waals surface area contributed by atoms with Crippen molar-refractivity contribution in [2.45, 2.75) is 19.3 Å². The van der Waals surface area contributed by atoms with Crippen molar-refractivity contribution >= 4 is 5.71 Å². The highest BCUT2D eigenvalue weighted by molar-refractivity contribution is 5.91. The van der Waals surface area contributed by atoms with Gasteiger partial charge in [-0.2, -0.15) is 0 Å². The fraction of sp³-hybridized carbons (Fsp3) is 0.308. The number of nitrogens with zero attached hydrogens (tertiary/aromatic N) is 1. The Morgan fingerprint density at radius 1 is 1.60 bits per heavy atom. The third-order valence-corrected chi connectivity index (χ3v) is 2.76. The number of fused-ring (bicyclic) bond motifs is 1. The molecule has 78 valence electrons. The van der Waals surface area contributed by atoms with E-state index in [0.29, 0.717) is 12.5 Å². The van der Waals surface area contributed by atoms with Gasteiger partial charge in [0.15, 0.2) is 0 Å². The Bertz CT molecular complexity index is 395. The lowest BCUT2D eigenvalue weighted by atomic mass is 9.75. The summed E-state index contributed by atoms with van der Waals surface area (Å²) in [6.45, 7) is 6.07. The van der Waals surface area contributed by atoms with Gasteiger partial charge >= 0.3 is 0 Å². The van der Waals surface area contributed by atoms with Gasteiger partial charge in [-0.05, 0) is 24.5 Å². The van der Waals surface area contributed by atoms with E-state index in [-0.39, 0.29) is 0 Å². The van der Waals surface area contributed by atoms with E-state index in [2.05, 4.69) is 36.0 Å². The average molecular weight is 201 g/mol. The van der Waals surface area contributed by atoms with Crippen LogP contribution >= 0.6 is 0 Å². The summed E-state index contributed by atoms with van der Waals surface area (Å²) in [6.07, 6.45) is 2.79. The standard InChI is InChI=1S/C13H15NO/c1-3-8-15-14-10(2)13-9-11-6-4-5-7-12(11)13/h3-7,13H,1,8-9H2,2H3. The Labute approximate surface area is 90.3 Å². The summed E-state index contributed by atoms with van der Waals surface area (Å²) >= 11 is 0. The summed E-state index contributed by atoms with van der Waals surface area (Å²) in [5, 5.41) is 4.08. The van der Waals surface area contributed by atoms with Crippen LogP contribution in [-0.4, -0.2) is 12.3 Å². The molecule has 15 heavy (non-hydrogen) atoms. The van der Waals surface area contributed by atoms with Gasteiger partial charge in [0, 0.05) is 5.92 Å². The van der Waals surface area contributed by atoms with Crippen molar-refractivity contribution in [2.24, 2.45) is 5.16 Å². The normalized spacial score (nSPS) is 19.0. The van der Waals surface area contributed by atoms with Gasteiger partial charge in [-0.15, -0.1) is 0 Å². The second kappa shape index (κ2) is 4.30. The molecule has 0 bridgehead atoms. The van der Waals surface area contributed by atoms with Gasteiger partial charge < -0.3 is 4.84 Å². The van der Waals surface area contributed by atoms with Crippen molar-refractivity contribution in [1.82, 2.24) is 0 Å². The molecule has 2 rings (SSSR count). The molecule has 1 aliphatic carbocycles. The summed E-state index contributed by atoms with van der Waals surface area (Å²) in [5.74, 6) is 0.450. The molecule has 0 heterocycles. The molecule has 1 atom stereocenters. The lowest BCUT2D eigenvalue weighted by Gasteiger charge is -2.29. The molecule has 0 saturated heterocycles. The molecule has 0 spiro atoms. The molecule has 0 fully saturated rings. The molecule has 1 unspecified atom stereocenters. The molecule has 0 saturated carbocycles. The predicted octanol–water partition coefficient (Wildman–Crippen LogP) is 2.90. The van der Waals surface area contributed by atoms with Crippen molar-refractivity contribution in [2.75, 3.05) is 6.61 Å². The third-order valence-electron chi connectivity index (χ3n) is 2.76. The van der Waals surface area contributed by atoms with E-state index in [0.717, 1.165) is 12.1 Å². The molecule has 2 heteroatoms. The topological polar surface area (TPSA) is 21.6 Å². The zero-order chi connectivity index (χ0) is 10.7. The van der Waals surface area contributed by atoms with E-state index in [9.17, 15) is 0 Å². The van der Waals surface area contributed by atoms with Gasteiger partial charge in [0.2, 0.25) is 0 Å².